The van der Waals surface area contributed by atoms with E-state index in [2.05, 4.69) is 4.90 Å². The number of hydrogen-bond acceptors (Lipinski definition) is 3. The van der Waals surface area contributed by atoms with Gasteiger partial charge in [-0.25, -0.2) is 0 Å². The highest BCUT2D eigenvalue weighted by atomic mass is 32.2. The van der Waals surface area contributed by atoms with E-state index in [1.807, 2.05) is 27.9 Å². The Morgan fingerprint density at radius 2 is 1.92 bits per heavy atom. The molecule has 80 valence electrons. The summed E-state index contributed by atoms with van der Waals surface area (Å²) in [5.41, 5.74) is 5.46. The second-order valence-corrected chi connectivity index (χ2v) is 6.01. The minimum atomic E-state index is -0.758. The zero-order valence-corrected chi connectivity index (χ0v) is 9.99. The van der Waals surface area contributed by atoms with Crippen LogP contribution in [0.4, 0.5) is 0 Å². The molecule has 0 aromatic heterocycles. The molecule has 13 heavy (non-hydrogen) atoms. The van der Waals surface area contributed by atoms with Gasteiger partial charge in [-0.3, -0.25) is 4.21 Å². The summed E-state index contributed by atoms with van der Waals surface area (Å²) in [4.78, 5) is 2.10. The first-order valence-corrected chi connectivity index (χ1v) is 6.08. The van der Waals surface area contributed by atoms with E-state index in [9.17, 15) is 4.21 Å². The van der Waals surface area contributed by atoms with E-state index < -0.39 is 10.8 Å². The molecular formula is C9H22N2OS. The molecule has 1 atom stereocenters. The third-order valence-electron chi connectivity index (χ3n) is 1.51. The molecule has 0 aromatic carbocycles. The van der Waals surface area contributed by atoms with Gasteiger partial charge in [0, 0.05) is 27.8 Å². The second kappa shape index (κ2) is 5.73. The molecule has 2 N–H and O–H groups in total. The summed E-state index contributed by atoms with van der Waals surface area (Å²) < 4.78 is 11.5. The fraction of sp³-hybridized carbons (Fsp3) is 1.00. The van der Waals surface area contributed by atoms with Crippen LogP contribution in [-0.4, -0.2) is 46.8 Å². The molecule has 0 aliphatic carbocycles. The third kappa shape index (κ3) is 9.99. The van der Waals surface area contributed by atoms with Gasteiger partial charge in [-0.1, -0.05) is 0 Å². The van der Waals surface area contributed by atoms with Gasteiger partial charge in [0.2, 0.25) is 0 Å². The predicted molar refractivity (Wildman–Crippen MR) is 59.3 cm³/mol. The topological polar surface area (TPSA) is 46.3 Å². The lowest BCUT2D eigenvalue weighted by Crippen LogP contribution is -2.38. The first-order valence-electron chi connectivity index (χ1n) is 4.60. The van der Waals surface area contributed by atoms with Crippen molar-refractivity contribution in [1.29, 1.82) is 0 Å². The van der Waals surface area contributed by atoms with Crippen molar-refractivity contribution in [2.45, 2.75) is 25.8 Å². The highest BCUT2D eigenvalue weighted by Crippen LogP contribution is 2.01. The fourth-order valence-electron chi connectivity index (χ4n) is 1.03. The van der Waals surface area contributed by atoms with Gasteiger partial charge < -0.3 is 10.6 Å². The molecule has 0 saturated heterocycles. The van der Waals surface area contributed by atoms with Crippen molar-refractivity contribution in [3.05, 3.63) is 0 Å². The Bertz CT molecular complexity index is 163. The van der Waals surface area contributed by atoms with Gasteiger partial charge >= 0.3 is 0 Å². The highest BCUT2D eigenvalue weighted by molar-refractivity contribution is 7.85. The lowest BCUT2D eigenvalue weighted by molar-refractivity contribution is 0.409. The molecule has 0 radical (unpaired) electrons. The van der Waals surface area contributed by atoms with Gasteiger partial charge in [-0.05, 0) is 40.9 Å². The molecule has 1 unspecified atom stereocenters. The van der Waals surface area contributed by atoms with Gasteiger partial charge in [0.1, 0.15) is 0 Å². The van der Waals surface area contributed by atoms with Crippen molar-refractivity contribution in [2.75, 3.05) is 32.1 Å². The predicted octanol–water partition coefficient (Wildman–Crippen LogP) is 0.424. The Hall–Kier alpha value is 0.0700. The zero-order valence-electron chi connectivity index (χ0n) is 9.17. The molecule has 0 aromatic rings. The maximum atomic E-state index is 11.5. The van der Waals surface area contributed by atoms with E-state index in [0.29, 0.717) is 5.75 Å². The van der Waals surface area contributed by atoms with E-state index in [0.717, 1.165) is 18.7 Å². The minimum absolute atomic E-state index is 0.303. The van der Waals surface area contributed by atoms with Crippen LogP contribution in [-0.2, 0) is 10.8 Å². The van der Waals surface area contributed by atoms with Crippen LogP contribution in [0.1, 0.15) is 20.3 Å². The third-order valence-corrected chi connectivity index (χ3v) is 3.32. The lowest BCUT2D eigenvalue weighted by atomic mass is 10.1. The second-order valence-electron chi connectivity index (χ2n) is 4.43. The number of nitrogens with two attached hydrogens (primary N) is 1. The van der Waals surface area contributed by atoms with Crippen LogP contribution in [0.3, 0.4) is 0 Å². The van der Waals surface area contributed by atoms with E-state index in [1.165, 1.54) is 0 Å². The Balaban J connectivity index is 3.53. The van der Waals surface area contributed by atoms with Gasteiger partial charge in [0.15, 0.2) is 0 Å². The van der Waals surface area contributed by atoms with Gasteiger partial charge in [0.25, 0.3) is 0 Å². The summed E-state index contributed by atoms with van der Waals surface area (Å²) >= 11 is 0. The molecule has 0 rings (SSSR count). The lowest BCUT2D eigenvalue weighted by Gasteiger charge is -2.17. The van der Waals surface area contributed by atoms with Crippen LogP contribution < -0.4 is 5.73 Å². The van der Waals surface area contributed by atoms with Crippen molar-refractivity contribution < 1.29 is 4.21 Å². The summed E-state index contributed by atoms with van der Waals surface area (Å²) in [5.74, 6) is 1.36. The molecule has 0 amide bonds. The summed E-state index contributed by atoms with van der Waals surface area (Å²) in [7, 11) is 3.29. The smallest absolute Gasteiger partial charge is 0.0409 e. The maximum Gasteiger partial charge on any atom is 0.0409 e. The van der Waals surface area contributed by atoms with Crippen LogP contribution >= 0.6 is 0 Å². The molecule has 0 aliphatic rings. The van der Waals surface area contributed by atoms with E-state index >= 15 is 0 Å². The van der Waals surface area contributed by atoms with Crippen LogP contribution in [0, 0.1) is 0 Å². The normalized spacial score (nSPS) is 14.9. The molecule has 0 heterocycles. The number of rotatable bonds is 6. The van der Waals surface area contributed by atoms with Gasteiger partial charge in [0.05, 0.1) is 0 Å². The first-order chi connectivity index (χ1) is 5.81. The Kier molecular flexibility index (Phi) is 5.76. The molecule has 3 nitrogen and oxygen atoms in total. The summed E-state index contributed by atoms with van der Waals surface area (Å²) in [5, 5.41) is 0. The number of hydrogen-bond donors (Lipinski definition) is 1. The average molecular weight is 206 g/mol. The van der Waals surface area contributed by atoms with Crippen LogP contribution in [0.15, 0.2) is 0 Å². The Morgan fingerprint density at radius 1 is 1.38 bits per heavy atom. The van der Waals surface area contributed by atoms with Crippen molar-refractivity contribution >= 4 is 10.8 Å². The highest BCUT2D eigenvalue weighted by Gasteiger charge is 2.14. The minimum Gasteiger partial charge on any atom is -0.325 e. The molecule has 4 heteroatoms. The fourth-order valence-corrected chi connectivity index (χ4v) is 2.45. The van der Waals surface area contributed by atoms with E-state index in [-0.39, 0.29) is 5.54 Å². The molecule has 0 spiro atoms. The zero-order chi connectivity index (χ0) is 10.5. The van der Waals surface area contributed by atoms with E-state index in [4.69, 9.17) is 5.73 Å². The molecule has 0 aliphatic heterocycles. The standard InChI is InChI=1S/C9H22N2OS/c1-9(2,10)8-13(12)7-5-6-11(3)4/h5-8,10H2,1-4H3. The molecule has 0 saturated carbocycles. The summed E-state index contributed by atoms with van der Waals surface area (Å²) in [6.07, 6.45) is 0.982. The molecule has 0 fully saturated rings. The summed E-state index contributed by atoms with van der Waals surface area (Å²) in [6, 6.07) is 0. The van der Waals surface area contributed by atoms with E-state index in [1.54, 1.807) is 0 Å². The average Bonchev–Trinajstić information content (AvgIpc) is 1.81. The van der Waals surface area contributed by atoms with Gasteiger partial charge in [-0.15, -0.1) is 0 Å². The van der Waals surface area contributed by atoms with Crippen LogP contribution in [0.5, 0.6) is 0 Å². The van der Waals surface area contributed by atoms with Crippen molar-refractivity contribution in [1.82, 2.24) is 4.90 Å². The molecule has 0 bridgehead atoms. The molecular weight excluding hydrogens is 184 g/mol. The van der Waals surface area contributed by atoms with Crippen LogP contribution in [0.2, 0.25) is 0 Å². The largest absolute Gasteiger partial charge is 0.325 e. The maximum absolute atomic E-state index is 11.5. The SMILES string of the molecule is CN(C)CCCS(=O)CC(C)(C)N. The van der Waals surface area contributed by atoms with Crippen molar-refractivity contribution in [3.63, 3.8) is 0 Å². The van der Waals surface area contributed by atoms with Gasteiger partial charge in [-0.2, -0.15) is 0 Å². The van der Waals surface area contributed by atoms with Crippen LogP contribution in [0.25, 0.3) is 0 Å². The monoisotopic (exact) mass is 206 g/mol. The van der Waals surface area contributed by atoms with Crippen molar-refractivity contribution in [3.8, 4) is 0 Å². The number of nitrogens with zero attached hydrogens (tertiary/aromatic N) is 1. The Morgan fingerprint density at radius 3 is 2.31 bits per heavy atom. The van der Waals surface area contributed by atoms with Crippen molar-refractivity contribution in [2.24, 2.45) is 5.73 Å². The first kappa shape index (κ1) is 13.1. The quantitative estimate of drug-likeness (QED) is 0.685. The summed E-state index contributed by atoms with van der Waals surface area (Å²) in [6.45, 7) is 4.82. The Labute approximate surface area is 84.1 Å².